The van der Waals surface area contributed by atoms with Crippen LogP contribution in [-0.2, 0) is 15.8 Å². The van der Waals surface area contributed by atoms with E-state index >= 15 is 0 Å². The minimum absolute atomic E-state index is 0.0827. The summed E-state index contributed by atoms with van der Waals surface area (Å²) in [6, 6.07) is 4.10. The molecule has 2 N–H and O–H groups in total. The van der Waals surface area contributed by atoms with Crippen LogP contribution in [0, 0.1) is 5.41 Å². The lowest BCUT2D eigenvalue weighted by Gasteiger charge is -2.18. The van der Waals surface area contributed by atoms with Crippen LogP contribution in [0.4, 0.5) is 18.9 Å². The van der Waals surface area contributed by atoms with Crippen LogP contribution in [0.1, 0.15) is 26.3 Å². The lowest BCUT2D eigenvalue weighted by molar-refractivity contribution is -0.137. The van der Waals surface area contributed by atoms with Gasteiger partial charge in [-0.1, -0.05) is 26.8 Å². The molecule has 4 nitrogen and oxygen atoms in total. The van der Waals surface area contributed by atoms with Crippen LogP contribution < -0.4 is 10.6 Å². The van der Waals surface area contributed by atoms with Gasteiger partial charge < -0.3 is 10.6 Å². The number of anilines is 1. The standard InChI is InChI=1S/C14H17F3N2O2/c1-13(2,3)8-18-11(20)12(21)19-10-6-4-5-9(7-10)14(15,16)17/h4-7H,8H2,1-3H3,(H,18,20)(H,19,21). The topological polar surface area (TPSA) is 58.2 Å². The molecule has 1 aromatic carbocycles. The third kappa shape index (κ3) is 5.85. The summed E-state index contributed by atoms with van der Waals surface area (Å²) in [5, 5.41) is 4.55. The van der Waals surface area contributed by atoms with Crippen molar-refractivity contribution in [3.63, 3.8) is 0 Å². The van der Waals surface area contributed by atoms with E-state index in [-0.39, 0.29) is 17.6 Å². The number of nitrogens with one attached hydrogen (secondary N) is 2. The highest BCUT2D eigenvalue weighted by Crippen LogP contribution is 2.30. The van der Waals surface area contributed by atoms with Gasteiger partial charge in [0.05, 0.1) is 5.56 Å². The number of alkyl halides is 3. The van der Waals surface area contributed by atoms with E-state index in [1.165, 1.54) is 6.07 Å². The number of benzene rings is 1. The maximum absolute atomic E-state index is 12.5. The summed E-state index contributed by atoms with van der Waals surface area (Å²) in [5.41, 5.74) is -1.18. The van der Waals surface area contributed by atoms with E-state index in [1.807, 2.05) is 20.8 Å². The molecule has 0 saturated heterocycles. The highest BCUT2D eigenvalue weighted by molar-refractivity contribution is 6.39. The number of rotatable bonds is 2. The van der Waals surface area contributed by atoms with Gasteiger partial charge in [0.2, 0.25) is 0 Å². The molecule has 0 radical (unpaired) electrons. The van der Waals surface area contributed by atoms with Crippen LogP contribution in [0.2, 0.25) is 0 Å². The van der Waals surface area contributed by atoms with Crippen molar-refractivity contribution < 1.29 is 22.8 Å². The Morgan fingerprint density at radius 2 is 1.71 bits per heavy atom. The number of carbonyl (C=O) groups excluding carboxylic acids is 2. The molecule has 0 unspecified atom stereocenters. The average molecular weight is 302 g/mol. The molecule has 0 aromatic heterocycles. The van der Waals surface area contributed by atoms with Crippen LogP contribution in [0.25, 0.3) is 0 Å². The Morgan fingerprint density at radius 3 is 2.24 bits per heavy atom. The molecule has 0 heterocycles. The lowest BCUT2D eigenvalue weighted by atomic mass is 9.97. The first-order valence-corrected chi connectivity index (χ1v) is 6.25. The fraction of sp³-hybridized carbons (Fsp3) is 0.429. The third-order valence-corrected chi connectivity index (χ3v) is 2.43. The van der Waals surface area contributed by atoms with Crippen molar-refractivity contribution in [1.29, 1.82) is 0 Å². The molecule has 0 saturated carbocycles. The fourth-order valence-electron chi connectivity index (χ4n) is 1.39. The first-order chi connectivity index (χ1) is 9.49. The summed E-state index contributed by atoms with van der Waals surface area (Å²) in [5.74, 6) is -1.89. The fourth-order valence-corrected chi connectivity index (χ4v) is 1.39. The highest BCUT2D eigenvalue weighted by atomic mass is 19.4. The molecule has 0 aliphatic heterocycles. The molecule has 1 aromatic rings. The second kappa shape index (κ2) is 6.15. The van der Waals surface area contributed by atoms with Crippen molar-refractivity contribution in [3.05, 3.63) is 29.8 Å². The summed E-state index contributed by atoms with van der Waals surface area (Å²) >= 11 is 0. The van der Waals surface area contributed by atoms with E-state index in [1.54, 1.807) is 0 Å². The summed E-state index contributed by atoms with van der Waals surface area (Å²) in [6.07, 6.45) is -4.50. The monoisotopic (exact) mass is 302 g/mol. The number of hydrogen-bond acceptors (Lipinski definition) is 2. The zero-order valence-electron chi connectivity index (χ0n) is 12.0. The van der Waals surface area contributed by atoms with Crippen molar-refractivity contribution in [2.45, 2.75) is 26.9 Å². The molecule has 7 heteroatoms. The first-order valence-electron chi connectivity index (χ1n) is 6.25. The SMILES string of the molecule is CC(C)(C)CNC(=O)C(=O)Nc1cccc(C(F)(F)F)c1. The predicted octanol–water partition coefficient (Wildman–Crippen LogP) is 2.81. The van der Waals surface area contributed by atoms with Crippen molar-refractivity contribution in [1.82, 2.24) is 5.32 Å². The molecule has 1 rings (SSSR count). The van der Waals surface area contributed by atoms with Gasteiger partial charge in [-0.05, 0) is 23.6 Å². The number of hydrogen-bond donors (Lipinski definition) is 2. The molecule has 21 heavy (non-hydrogen) atoms. The molecule has 0 bridgehead atoms. The number of halogens is 3. The third-order valence-electron chi connectivity index (χ3n) is 2.43. The normalized spacial score (nSPS) is 11.9. The first kappa shape index (κ1) is 17.0. The van der Waals surface area contributed by atoms with Crippen LogP contribution in [0.3, 0.4) is 0 Å². The Labute approximate surface area is 120 Å². The van der Waals surface area contributed by atoms with Crippen LogP contribution in [0.15, 0.2) is 24.3 Å². The number of carbonyl (C=O) groups is 2. The Kier molecular flexibility index (Phi) is 4.98. The average Bonchev–Trinajstić information content (AvgIpc) is 2.34. The molecule has 2 amide bonds. The van der Waals surface area contributed by atoms with Crippen molar-refractivity contribution in [2.24, 2.45) is 5.41 Å². The zero-order chi connectivity index (χ0) is 16.3. The minimum Gasteiger partial charge on any atom is -0.347 e. The molecular formula is C14H17F3N2O2. The number of amides is 2. The van der Waals surface area contributed by atoms with E-state index in [0.29, 0.717) is 0 Å². The van der Waals surface area contributed by atoms with Gasteiger partial charge in [-0.25, -0.2) is 0 Å². The van der Waals surface area contributed by atoms with Crippen LogP contribution >= 0.6 is 0 Å². The lowest BCUT2D eigenvalue weighted by Crippen LogP contribution is -2.39. The Hall–Kier alpha value is -2.05. The van der Waals surface area contributed by atoms with Gasteiger partial charge in [0.15, 0.2) is 0 Å². The van der Waals surface area contributed by atoms with E-state index in [2.05, 4.69) is 10.6 Å². The van der Waals surface area contributed by atoms with Gasteiger partial charge >= 0.3 is 18.0 Å². The zero-order valence-corrected chi connectivity index (χ0v) is 12.0. The van der Waals surface area contributed by atoms with E-state index < -0.39 is 23.6 Å². The Balaban J connectivity index is 2.69. The summed E-state index contributed by atoms with van der Waals surface area (Å²) in [7, 11) is 0. The highest BCUT2D eigenvalue weighted by Gasteiger charge is 2.30. The van der Waals surface area contributed by atoms with Gasteiger partial charge in [-0.15, -0.1) is 0 Å². The smallest absolute Gasteiger partial charge is 0.347 e. The largest absolute Gasteiger partial charge is 0.416 e. The molecule has 0 atom stereocenters. The van der Waals surface area contributed by atoms with Gasteiger partial charge in [-0.3, -0.25) is 9.59 Å². The molecular weight excluding hydrogens is 285 g/mol. The second-order valence-corrected chi connectivity index (χ2v) is 5.78. The molecule has 116 valence electrons. The van der Waals surface area contributed by atoms with Gasteiger partial charge in [0.1, 0.15) is 0 Å². The summed E-state index contributed by atoms with van der Waals surface area (Å²) < 4.78 is 37.6. The molecule has 0 fully saturated rings. The van der Waals surface area contributed by atoms with Crippen molar-refractivity contribution in [3.8, 4) is 0 Å². The van der Waals surface area contributed by atoms with Gasteiger partial charge in [-0.2, -0.15) is 13.2 Å². The van der Waals surface area contributed by atoms with E-state index in [0.717, 1.165) is 18.2 Å². The quantitative estimate of drug-likeness (QED) is 0.825. The Morgan fingerprint density at radius 1 is 1.10 bits per heavy atom. The molecule has 0 aliphatic rings. The van der Waals surface area contributed by atoms with Crippen molar-refractivity contribution in [2.75, 3.05) is 11.9 Å². The van der Waals surface area contributed by atoms with E-state index in [4.69, 9.17) is 0 Å². The van der Waals surface area contributed by atoms with E-state index in [9.17, 15) is 22.8 Å². The van der Waals surface area contributed by atoms with Crippen molar-refractivity contribution >= 4 is 17.5 Å². The maximum Gasteiger partial charge on any atom is 0.416 e. The van der Waals surface area contributed by atoms with Gasteiger partial charge in [0.25, 0.3) is 0 Å². The molecule has 0 spiro atoms. The minimum atomic E-state index is -4.50. The predicted molar refractivity (Wildman–Crippen MR) is 72.5 cm³/mol. The summed E-state index contributed by atoms with van der Waals surface area (Å²) in [4.78, 5) is 23.1. The van der Waals surface area contributed by atoms with Crippen LogP contribution in [-0.4, -0.2) is 18.4 Å². The molecule has 0 aliphatic carbocycles. The second-order valence-electron chi connectivity index (χ2n) is 5.78. The van der Waals surface area contributed by atoms with Crippen LogP contribution in [0.5, 0.6) is 0 Å². The summed E-state index contributed by atoms with van der Waals surface area (Å²) in [6.45, 7) is 5.90. The maximum atomic E-state index is 12.5. The Bertz CT molecular complexity index is 534. The van der Waals surface area contributed by atoms with Gasteiger partial charge in [0, 0.05) is 12.2 Å².